The minimum atomic E-state index is -4.94. The minimum absolute atomic E-state index is 0.00759. The van der Waals surface area contributed by atoms with Crippen LogP contribution in [0, 0.1) is 12.7 Å². The predicted octanol–water partition coefficient (Wildman–Crippen LogP) is 6.40. The highest BCUT2D eigenvalue weighted by atomic mass is 32.2. The zero-order valence-electron chi connectivity index (χ0n) is 25.1. The van der Waals surface area contributed by atoms with E-state index >= 15 is 4.39 Å². The second kappa shape index (κ2) is 13.0. The third-order valence-electron chi connectivity index (χ3n) is 6.90. The Morgan fingerprint density at radius 3 is 2.27 bits per heavy atom. The SMILES string of the molecule is Cc1nc(-c2ccc(OC(F)(F)F)cc2)c(-c2cc(-c3cc(F)c(CO)c(S(C)(=O)=O)c3)ccc2-n2ccc(C(=O)NCC(F)(F)F)n2)o1. The van der Waals surface area contributed by atoms with Crippen LogP contribution in [0.2, 0.25) is 0 Å². The highest BCUT2D eigenvalue weighted by Crippen LogP contribution is 2.40. The van der Waals surface area contributed by atoms with Crippen molar-refractivity contribution in [3.63, 3.8) is 0 Å². The second-order valence-electron chi connectivity index (χ2n) is 10.5. The number of aromatic nitrogens is 3. The van der Waals surface area contributed by atoms with Gasteiger partial charge in [0, 0.05) is 36.1 Å². The summed E-state index contributed by atoms with van der Waals surface area (Å²) in [4.78, 5) is 16.3. The third kappa shape index (κ3) is 8.09. The van der Waals surface area contributed by atoms with Crippen LogP contribution in [-0.2, 0) is 16.4 Å². The smallest absolute Gasteiger partial charge is 0.440 e. The van der Waals surface area contributed by atoms with E-state index in [-0.39, 0.29) is 51.0 Å². The van der Waals surface area contributed by atoms with Crippen molar-refractivity contribution in [3.8, 4) is 45.1 Å². The fourth-order valence-electron chi connectivity index (χ4n) is 4.83. The summed E-state index contributed by atoms with van der Waals surface area (Å²) >= 11 is 0. The van der Waals surface area contributed by atoms with Gasteiger partial charge in [-0.05, 0) is 65.7 Å². The molecule has 0 aliphatic rings. The Labute approximate surface area is 272 Å². The van der Waals surface area contributed by atoms with Gasteiger partial charge in [0.2, 0.25) is 0 Å². The first kappa shape index (κ1) is 35.1. The number of rotatable bonds is 9. The molecule has 0 aliphatic carbocycles. The normalized spacial score (nSPS) is 12.3. The molecule has 2 N–H and O–H groups in total. The van der Waals surface area contributed by atoms with Gasteiger partial charge in [0.05, 0.1) is 17.2 Å². The van der Waals surface area contributed by atoms with Gasteiger partial charge in [0.25, 0.3) is 5.91 Å². The molecule has 0 unspecified atom stereocenters. The van der Waals surface area contributed by atoms with Gasteiger partial charge in [0.1, 0.15) is 23.8 Å². The van der Waals surface area contributed by atoms with E-state index in [4.69, 9.17) is 4.42 Å². The number of aliphatic hydroxyl groups excluding tert-OH is 1. The lowest BCUT2D eigenvalue weighted by atomic mass is 9.97. The number of carbonyl (C=O) groups is 1. The Balaban J connectivity index is 1.68. The first-order valence-electron chi connectivity index (χ1n) is 13.9. The molecule has 10 nitrogen and oxygen atoms in total. The summed E-state index contributed by atoms with van der Waals surface area (Å²) in [6.07, 6.45) is -7.51. The highest BCUT2D eigenvalue weighted by molar-refractivity contribution is 7.90. The van der Waals surface area contributed by atoms with E-state index < -0.39 is 63.5 Å². The molecule has 258 valence electrons. The van der Waals surface area contributed by atoms with Crippen molar-refractivity contribution in [2.45, 2.75) is 31.0 Å². The topological polar surface area (TPSA) is 137 Å². The van der Waals surface area contributed by atoms with Crippen molar-refractivity contribution in [1.82, 2.24) is 20.1 Å². The molecule has 18 heteroatoms. The number of aryl methyl sites for hydroxylation is 1. The van der Waals surface area contributed by atoms with Gasteiger partial charge < -0.3 is 19.6 Å². The molecule has 2 heterocycles. The summed E-state index contributed by atoms with van der Waals surface area (Å²) in [6.45, 7) is -1.02. The van der Waals surface area contributed by atoms with Gasteiger partial charge in [0.15, 0.2) is 27.2 Å². The summed E-state index contributed by atoms with van der Waals surface area (Å²) in [5.74, 6) is -2.54. The van der Waals surface area contributed by atoms with Crippen LogP contribution in [0.25, 0.3) is 39.4 Å². The molecule has 0 atom stereocenters. The largest absolute Gasteiger partial charge is 0.573 e. The average molecular weight is 713 g/mol. The maximum atomic E-state index is 15.1. The molecule has 0 radical (unpaired) electrons. The molecular weight excluding hydrogens is 689 g/mol. The zero-order chi connectivity index (χ0) is 35.9. The van der Waals surface area contributed by atoms with Crippen LogP contribution in [0.4, 0.5) is 30.7 Å². The molecule has 0 bridgehead atoms. The number of nitrogens with zero attached hydrogens (tertiary/aromatic N) is 3. The maximum Gasteiger partial charge on any atom is 0.573 e. The fraction of sp³-hybridized carbons (Fsp3) is 0.194. The van der Waals surface area contributed by atoms with Crippen molar-refractivity contribution in [3.05, 3.63) is 89.8 Å². The number of halogens is 7. The quantitative estimate of drug-likeness (QED) is 0.168. The summed E-state index contributed by atoms with van der Waals surface area (Å²) < 4.78 is 127. The second-order valence-corrected chi connectivity index (χ2v) is 12.5. The first-order valence-corrected chi connectivity index (χ1v) is 15.7. The van der Waals surface area contributed by atoms with Crippen LogP contribution in [0.1, 0.15) is 21.9 Å². The van der Waals surface area contributed by atoms with Crippen molar-refractivity contribution < 1.29 is 58.2 Å². The van der Waals surface area contributed by atoms with Gasteiger partial charge in [-0.2, -0.15) is 18.3 Å². The van der Waals surface area contributed by atoms with Gasteiger partial charge >= 0.3 is 12.5 Å². The van der Waals surface area contributed by atoms with E-state index in [1.54, 1.807) is 5.32 Å². The number of aliphatic hydroxyl groups is 1. The number of oxazole rings is 1. The lowest BCUT2D eigenvalue weighted by Crippen LogP contribution is -2.34. The van der Waals surface area contributed by atoms with Gasteiger partial charge in [-0.1, -0.05) is 6.07 Å². The number of amides is 1. The van der Waals surface area contributed by atoms with Crippen molar-refractivity contribution in [2.75, 3.05) is 12.8 Å². The van der Waals surface area contributed by atoms with E-state index in [1.165, 1.54) is 43.5 Å². The number of hydrogen-bond acceptors (Lipinski definition) is 8. The molecule has 0 saturated carbocycles. The predicted molar refractivity (Wildman–Crippen MR) is 159 cm³/mol. The molecule has 49 heavy (non-hydrogen) atoms. The van der Waals surface area contributed by atoms with Crippen molar-refractivity contribution in [1.29, 1.82) is 0 Å². The van der Waals surface area contributed by atoms with Crippen molar-refractivity contribution in [2.24, 2.45) is 0 Å². The Morgan fingerprint density at radius 1 is 0.980 bits per heavy atom. The van der Waals surface area contributed by atoms with Crippen LogP contribution in [0.5, 0.6) is 5.75 Å². The molecule has 0 saturated heterocycles. The van der Waals surface area contributed by atoms with E-state index in [9.17, 15) is 44.7 Å². The van der Waals surface area contributed by atoms with Gasteiger partial charge in [-0.15, -0.1) is 13.2 Å². The Bertz CT molecular complexity index is 2140. The van der Waals surface area contributed by atoms with E-state index in [0.29, 0.717) is 0 Å². The lowest BCUT2D eigenvalue weighted by molar-refractivity contribution is -0.274. The van der Waals surface area contributed by atoms with Crippen LogP contribution in [-0.4, -0.2) is 59.5 Å². The van der Waals surface area contributed by atoms with Gasteiger partial charge in [-0.25, -0.2) is 22.5 Å². The zero-order valence-corrected chi connectivity index (χ0v) is 26.0. The summed E-state index contributed by atoms with van der Waals surface area (Å²) in [5.41, 5.74) is 0.130. The molecule has 2 aromatic heterocycles. The number of alkyl halides is 6. The molecule has 1 amide bonds. The standard InChI is InChI=1S/C31H23F7N4O6S/c1-16-40-27(17-3-6-20(7-4-17)48-31(36,37)38)28(47-16)21-11-18(19-12-23(32)22(14-43)26(13-19)49(2,45)46)5-8-25(21)42-10-9-24(41-42)29(44)39-15-30(33,34)35/h3-13,43H,14-15H2,1-2H3,(H,39,44). The number of benzene rings is 3. The van der Waals surface area contributed by atoms with Crippen LogP contribution in [0.3, 0.4) is 0 Å². The monoisotopic (exact) mass is 712 g/mol. The number of sulfone groups is 1. The lowest BCUT2D eigenvalue weighted by Gasteiger charge is -2.14. The Hall–Kier alpha value is -5.23. The third-order valence-corrected chi connectivity index (χ3v) is 8.06. The van der Waals surface area contributed by atoms with Crippen LogP contribution >= 0.6 is 0 Å². The molecule has 5 rings (SSSR count). The Kier molecular flexibility index (Phi) is 9.31. The number of ether oxygens (including phenoxy) is 1. The average Bonchev–Trinajstić information content (AvgIpc) is 3.65. The fourth-order valence-corrected chi connectivity index (χ4v) is 5.78. The molecule has 5 aromatic rings. The maximum absolute atomic E-state index is 15.1. The molecule has 0 fully saturated rings. The summed E-state index contributed by atoms with van der Waals surface area (Å²) in [7, 11) is -4.02. The molecule has 0 aliphatic heterocycles. The van der Waals surface area contributed by atoms with Crippen molar-refractivity contribution >= 4 is 15.7 Å². The van der Waals surface area contributed by atoms with E-state index in [2.05, 4.69) is 14.8 Å². The molecule has 3 aromatic carbocycles. The number of carbonyl (C=O) groups excluding carboxylic acids is 1. The van der Waals surface area contributed by atoms with E-state index in [0.717, 1.165) is 41.3 Å². The first-order chi connectivity index (χ1) is 22.8. The molecule has 0 spiro atoms. The summed E-state index contributed by atoms with van der Waals surface area (Å²) in [6, 6.07) is 12.3. The van der Waals surface area contributed by atoms with Gasteiger partial charge in [-0.3, -0.25) is 4.79 Å². The number of hydrogen-bond donors (Lipinski definition) is 2. The van der Waals surface area contributed by atoms with Crippen LogP contribution < -0.4 is 10.1 Å². The highest BCUT2D eigenvalue weighted by Gasteiger charge is 2.31. The minimum Gasteiger partial charge on any atom is -0.440 e. The van der Waals surface area contributed by atoms with Crippen LogP contribution in [0.15, 0.2) is 76.2 Å². The summed E-state index contributed by atoms with van der Waals surface area (Å²) in [5, 5.41) is 15.4. The molecular formula is C31H23F7N4O6S. The Morgan fingerprint density at radius 2 is 1.65 bits per heavy atom. The number of nitrogens with one attached hydrogen (secondary N) is 1. The van der Waals surface area contributed by atoms with E-state index in [1.807, 2.05) is 0 Å².